The normalized spacial score (nSPS) is 14.3. The van der Waals surface area contributed by atoms with Crippen LogP contribution in [0.15, 0.2) is 0 Å². The van der Waals surface area contributed by atoms with Gasteiger partial charge in [-0.3, -0.25) is 9.59 Å². The van der Waals surface area contributed by atoms with Gasteiger partial charge in [0.25, 0.3) is 0 Å². The lowest BCUT2D eigenvalue weighted by Crippen LogP contribution is -2.48. The number of unbranched alkanes of at least 4 members (excludes halogenated alkanes) is 1. The quantitative estimate of drug-likeness (QED) is 0.282. The van der Waals surface area contributed by atoms with Crippen LogP contribution in [0, 0.1) is 0 Å². The number of hydrogen-bond acceptors (Lipinski definition) is 5. The van der Waals surface area contributed by atoms with Crippen molar-refractivity contribution >= 4 is 17.8 Å². The number of carboxylic acid groups (broad SMARTS) is 1. The van der Waals surface area contributed by atoms with Gasteiger partial charge < -0.3 is 27.6 Å². The van der Waals surface area contributed by atoms with E-state index in [1.807, 2.05) is 0 Å². The second kappa shape index (κ2) is 9.29. The maximum atomic E-state index is 11.8. The first kappa shape index (κ1) is 15.4. The number of carbonyl (C=O) groups excluding carboxylic acids is 2. The van der Waals surface area contributed by atoms with E-state index in [4.69, 9.17) is 18.0 Å². The Labute approximate surface area is 113 Å². The summed E-state index contributed by atoms with van der Waals surface area (Å²) in [5.74, 6) is -2.47. The van der Waals surface area contributed by atoms with E-state index in [-0.39, 0.29) is 12.8 Å². The minimum atomic E-state index is -1.25. The van der Waals surface area contributed by atoms with Crippen molar-refractivity contribution in [3.05, 3.63) is 0 Å². The predicted molar refractivity (Wildman–Crippen MR) is 68.9 cm³/mol. The third kappa shape index (κ3) is 8.11. The molecule has 0 spiro atoms. The molecule has 0 aliphatic carbocycles. The summed E-state index contributed by atoms with van der Waals surface area (Å²) in [7, 11) is 0. The van der Waals surface area contributed by atoms with Crippen LogP contribution >= 0.6 is 0 Å². The molecule has 0 heterocycles. The number of nitrogens with one attached hydrogen (secondary N) is 1. The number of carboxylic acids is 1. The van der Waals surface area contributed by atoms with Crippen LogP contribution in [0.25, 0.3) is 0 Å². The van der Waals surface area contributed by atoms with E-state index in [2.05, 4.69) is 11.0 Å². The maximum Gasteiger partial charge on any atom is 0.326 e. The second-order valence-electron chi connectivity index (χ2n) is 4.24. The molecule has 0 bridgehead atoms. The summed E-state index contributed by atoms with van der Waals surface area (Å²) in [6.45, 7) is 0.489. The van der Waals surface area contributed by atoms with E-state index in [1.54, 1.807) is 0 Å². The van der Waals surface area contributed by atoms with E-state index in [9.17, 15) is 14.4 Å². The van der Waals surface area contributed by atoms with Gasteiger partial charge in [-0.05, 0) is 25.8 Å². The SMILES string of the molecule is [2H]N[C@H](CCCCN)C(=O)N[C@H](CCC(N)=O)C(=O)O. The molecule has 110 valence electrons. The van der Waals surface area contributed by atoms with E-state index in [0.717, 1.165) is 6.42 Å². The van der Waals surface area contributed by atoms with Gasteiger partial charge >= 0.3 is 5.97 Å². The average molecular weight is 275 g/mol. The van der Waals surface area contributed by atoms with Crippen molar-refractivity contribution in [2.75, 3.05) is 6.54 Å². The van der Waals surface area contributed by atoms with Gasteiger partial charge in [0, 0.05) is 6.42 Å². The fourth-order valence-corrected chi connectivity index (χ4v) is 1.44. The Morgan fingerprint density at radius 2 is 1.95 bits per heavy atom. The van der Waals surface area contributed by atoms with Crippen LogP contribution in [0.4, 0.5) is 0 Å². The van der Waals surface area contributed by atoms with Crippen molar-refractivity contribution < 1.29 is 20.9 Å². The van der Waals surface area contributed by atoms with Crippen LogP contribution in [0.1, 0.15) is 32.1 Å². The van der Waals surface area contributed by atoms with E-state index >= 15 is 0 Å². The average Bonchev–Trinajstić information content (AvgIpc) is 2.38. The molecular formula is C11H22N4O4. The molecule has 0 aromatic rings. The van der Waals surface area contributed by atoms with Crippen molar-refractivity contribution in [3.8, 4) is 0 Å². The zero-order valence-corrected chi connectivity index (χ0v) is 10.7. The number of amides is 2. The number of nitrogens with two attached hydrogens (primary N) is 3. The monoisotopic (exact) mass is 275 g/mol. The van der Waals surface area contributed by atoms with Crippen LogP contribution in [0.5, 0.6) is 0 Å². The van der Waals surface area contributed by atoms with Crippen molar-refractivity contribution in [2.24, 2.45) is 17.2 Å². The van der Waals surface area contributed by atoms with E-state index in [1.165, 1.54) is 0 Å². The Bertz CT molecular complexity index is 340. The molecule has 8 nitrogen and oxygen atoms in total. The molecule has 8 heteroatoms. The topological polar surface area (TPSA) is 162 Å². The van der Waals surface area contributed by atoms with Crippen molar-refractivity contribution in [3.63, 3.8) is 0 Å². The Balaban J connectivity index is 4.39. The third-order valence-corrected chi connectivity index (χ3v) is 2.56. The Morgan fingerprint density at radius 3 is 2.42 bits per heavy atom. The summed E-state index contributed by atoms with van der Waals surface area (Å²) in [5.41, 5.74) is 12.4. The molecule has 2 amide bonds. The highest BCUT2D eigenvalue weighted by molar-refractivity contribution is 5.87. The lowest BCUT2D eigenvalue weighted by molar-refractivity contribution is -0.142. The fourth-order valence-electron chi connectivity index (χ4n) is 1.44. The molecule has 0 rings (SSSR count). The van der Waals surface area contributed by atoms with Crippen LogP contribution in [0.2, 0.25) is 1.41 Å². The fraction of sp³-hybridized carbons (Fsp3) is 0.727. The Hall–Kier alpha value is -1.67. The highest BCUT2D eigenvalue weighted by atomic mass is 16.4. The molecular weight excluding hydrogens is 252 g/mol. The summed E-state index contributed by atoms with van der Waals surface area (Å²) in [6.07, 6.45) is 1.54. The highest BCUT2D eigenvalue weighted by Crippen LogP contribution is 2.01. The van der Waals surface area contributed by atoms with Gasteiger partial charge in [0.15, 0.2) is 0 Å². The second-order valence-corrected chi connectivity index (χ2v) is 4.24. The molecule has 0 unspecified atom stereocenters. The van der Waals surface area contributed by atoms with Gasteiger partial charge in [-0.1, -0.05) is 6.42 Å². The first-order valence-electron chi connectivity index (χ1n) is 6.61. The molecule has 0 saturated carbocycles. The summed E-state index contributed by atoms with van der Waals surface area (Å²) < 4.78 is 7.08. The zero-order chi connectivity index (χ0) is 15.5. The molecule has 0 aromatic carbocycles. The van der Waals surface area contributed by atoms with Crippen molar-refractivity contribution in [2.45, 2.75) is 44.2 Å². The smallest absolute Gasteiger partial charge is 0.326 e. The highest BCUT2D eigenvalue weighted by Gasteiger charge is 2.23. The third-order valence-electron chi connectivity index (χ3n) is 2.56. The van der Waals surface area contributed by atoms with Crippen LogP contribution in [-0.2, 0) is 14.4 Å². The van der Waals surface area contributed by atoms with Crippen molar-refractivity contribution in [1.29, 1.82) is 0 Å². The molecule has 0 fully saturated rings. The minimum Gasteiger partial charge on any atom is -0.480 e. The van der Waals surface area contributed by atoms with Gasteiger partial charge in [-0.2, -0.15) is 0 Å². The Morgan fingerprint density at radius 1 is 1.26 bits per heavy atom. The zero-order valence-electron chi connectivity index (χ0n) is 11.7. The Kier molecular flexibility index (Phi) is 7.52. The number of carbonyl (C=O) groups is 3. The molecule has 19 heavy (non-hydrogen) atoms. The number of aliphatic carboxylic acids is 1. The summed E-state index contributed by atoms with van der Waals surface area (Å²) in [6, 6.07) is -2.00. The first-order valence-corrected chi connectivity index (χ1v) is 6.11. The van der Waals surface area contributed by atoms with E-state index in [0.29, 0.717) is 19.4 Å². The lowest BCUT2D eigenvalue weighted by Gasteiger charge is -2.17. The van der Waals surface area contributed by atoms with Gasteiger partial charge in [0.05, 0.1) is 6.04 Å². The van der Waals surface area contributed by atoms with E-state index < -0.39 is 29.9 Å². The van der Waals surface area contributed by atoms with Crippen molar-refractivity contribution in [1.82, 2.24) is 5.32 Å². The lowest BCUT2D eigenvalue weighted by atomic mass is 10.1. The molecule has 0 aromatic heterocycles. The molecule has 0 aliphatic heterocycles. The van der Waals surface area contributed by atoms with Crippen LogP contribution < -0.4 is 22.5 Å². The predicted octanol–water partition coefficient (Wildman–Crippen LogP) is -1.72. The van der Waals surface area contributed by atoms with Crippen LogP contribution in [-0.4, -0.2) is 41.5 Å². The molecule has 0 saturated heterocycles. The number of primary amides is 1. The molecule has 0 aliphatic rings. The molecule has 0 radical (unpaired) electrons. The maximum absolute atomic E-state index is 11.8. The molecule has 2 atom stereocenters. The first-order chi connectivity index (χ1) is 9.42. The van der Waals surface area contributed by atoms with Gasteiger partial charge in [-0.15, -0.1) is 0 Å². The molecule has 8 N–H and O–H groups in total. The summed E-state index contributed by atoms with van der Waals surface area (Å²) >= 11 is 0. The largest absolute Gasteiger partial charge is 0.480 e. The number of rotatable bonds is 11. The van der Waals surface area contributed by atoms with Gasteiger partial charge in [0.1, 0.15) is 7.45 Å². The number of hydrogen-bond donors (Lipinski definition) is 5. The minimum absolute atomic E-state index is 0.0794. The summed E-state index contributed by atoms with van der Waals surface area (Å²) in [5, 5.41) is 11.2. The van der Waals surface area contributed by atoms with Crippen LogP contribution in [0.3, 0.4) is 0 Å². The van der Waals surface area contributed by atoms with Gasteiger partial charge in [-0.25, -0.2) is 4.79 Å². The standard InChI is InChI=1S/C11H22N4O4/c12-6-2-1-3-7(13)10(17)15-8(11(18)19)4-5-9(14)16/h7-8H,1-6,12-13H2,(H2,14,16)(H,15,17)(H,18,19)/t7-,8-/m1/s1/i/hD. The summed E-state index contributed by atoms with van der Waals surface area (Å²) in [4.78, 5) is 33.4. The van der Waals surface area contributed by atoms with Gasteiger partial charge in [0.2, 0.25) is 11.8 Å².